The molecular formula is C16H14ClN3O2S. The van der Waals surface area contributed by atoms with Crippen LogP contribution in [0.15, 0.2) is 53.4 Å². The highest BCUT2D eigenvalue weighted by Crippen LogP contribution is 2.42. The van der Waals surface area contributed by atoms with Gasteiger partial charge in [-0.1, -0.05) is 41.6 Å². The minimum atomic E-state index is -1.26. The first-order chi connectivity index (χ1) is 11.0. The van der Waals surface area contributed by atoms with Crippen LogP contribution in [0.25, 0.3) is 0 Å². The van der Waals surface area contributed by atoms with Crippen molar-refractivity contribution in [2.45, 2.75) is 16.6 Å². The molecule has 0 saturated heterocycles. The van der Waals surface area contributed by atoms with Crippen LogP contribution in [0.3, 0.4) is 0 Å². The van der Waals surface area contributed by atoms with Crippen LogP contribution in [0.4, 0.5) is 11.4 Å². The Hall–Kier alpha value is -2.18. The molecule has 1 heterocycles. The van der Waals surface area contributed by atoms with E-state index in [9.17, 15) is 9.59 Å². The van der Waals surface area contributed by atoms with Crippen LogP contribution in [-0.4, -0.2) is 16.6 Å². The van der Waals surface area contributed by atoms with E-state index in [1.165, 1.54) is 11.8 Å². The van der Waals surface area contributed by atoms with Gasteiger partial charge in [-0.3, -0.25) is 20.4 Å². The maximum Gasteiger partial charge on any atom is 0.264 e. The van der Waals surface area contributed by atoms with Gasteiger partial charge in [0, 0.05) is 9.92 Å². The van der Waals surface area contributed by atoms with Crippen molar-refractivity contribution < 1.29 is 9.59 Å². The fourth-order valence-electron chi connectivity index (χ4n) is 2.13. The Morgan fingerprint density at radius 2 is 2.00 bits per heavy atom. The van der Waals surface area contributed by atoms with Crippen molar-refractivity contribution in [1.29, 1.82) is 0 Å². The van der Waals surface area contributed by atoms with E-state index in [0.29, 0.717) is 10.7 Å². The minimum Gasteiger partial charge on any atom is -0.323 e. The van der Waals surface area contributed by atoms with Gasteiger partial charge in [0.2, 0.25) is 5.91 Å². The lowest BCUT2D eigenvalue weighted by molar-refractivity contribution is -0.129. The Morgan fingerprint density at radius 1 is 1.22 bits per heavy atom. The number of anilines is 2. The highest BCUT2D eigenvalue weighted by atomic mass is 35.5. The summed E-state index contributed by atoms with van der Waals surface area (Å²) in [7, 11) is 0. The summed E-state index contributed by atoms with van der Waals surface area (Å²) < 4.78 is -1.26. The average molecular weight is 348 g/mol. The Labute approximate surface area is 142 Å². The molecule has 2 amide bonds. The molecule has 5 nitrogen and oxygen atoms in total. The molecule has 1 atom stereocenters. The Balaban J connectivity index is 1.75. The first kappa shape index (κ1) is 15.7. The van der Waals surface area contributed by atoms with E-state index in [1.54, 1.807) is 31.2 Å². The maximum absolute atomic E-state index is 12.5. The lowest BCUT2D eigenvalue weighted by atomic mass is 10.1. The molecule has 3 N–H and O–H groups in total. The van der Waals surface area contributed by atoms with Gasteiger partial charge in [-0.2, -0.15) is 0 Å². The van der Waals surface area contributed by atoms with Crippen LogP contribution in [0.1, 0.15) is 6.92 Å². The summed E-state index contributed by atoms with van der Waals surface area (Å²) in [5.74, 6) is -0.791. The second kappa shape index (κ2) is 6.14. The molecular weight excluding hydrogens is 334 g/mol. The number of hydrazine groups is 1. The van der Waals surface area contributed by atoms with E-state index in [1.807, 2.05) is 24.3 Å². The summed E-state index contributed by atoms with van der Waals surface area (Å²) in [6.45, 7) is 1.60. The predicted molar refractivity (Wildman–Crippen MR) is 92.6 cm³/mol. The number of fused-ring (bicyclic) bond motifs is 1. The van der Waals surface area contributed by atoms with Crippen LogP contribution >= 0.6 is 23.4 Å². The third-order valence-corrected chi connectivity index (χ3v) is 5.05. The maximum atomic E-state index is 12.5. The van der Waals surface area contributed by atoms with Gasteiger partial charge in [-0.25, -0.2) is 0 Å². The standard InChI is InChI=1S/C16H14ClN3O2S/c1-16(14(21)18-12-7-2-3-8-13(12)23-16)15(22)20-19-11-6-4-5-10(17)9-11/h2-9,19H,1H3,(H,18,21)(H,20,22). The molecule has 0 saturated carbocycles. The summed E-state index contributed by atoms with van der Waals surface area (Å²) in [5, 5.41) is 3.32. The molecule has 0 fully saturated rings. The molecule has 23 heavy (non-hydrogen) atoms. The number of halogens is 1. The van der Waals surface area contributed by atoms with Gasteiger partial charge < -0.3 is 5.32 Å². The van der Waals surface area contributed by atoms with Gasteiger partial charge in [0.05, 0.1) is 11.4 Å². The molecule has 0 spiro atoms. The van der Waals surface area contributed by atoms with Gasteiger partial charge >= 0.3 is 0 Å². The van der Waals surface area contributed by atoms with Gasteiger partial charge in [0.1, 0.15) is 0 Å². The second-order valence-electron chi connectivity index (χ2n) is 5.18. The van der Waals surface area contributed by atoms with Gasteiger partial charge in [0.15, 0.2) is 4.75 Å². The van der Waals surface area contributed by atoms with E-state index < -0.39 is 10.7 Å². The number of hydrogen-bond donors (Lipinski definition) is 3. The quantitative estimate of drug-likeness (QED) is 0.588. The van der Waals surface area contributed by atoms with Crippen molar-refractivity contribution in [3.63, 3.8) is 0 Å². The van der Waals surface area contributed by atoms with Gasteiger partial charge in [0.25, 0.3) is 5.91 Å². The number of nitrogens with one attached hydrogen (secondary N) is 3. The number of benzene rings is 2. The molecule has 118 valence electrons. The van der Waals surface area contributed by atoms with Crippen LogP contribution in [-0.2, 0) is 9.59 Å². The fourth-order valence-corrected chi connectivity index (χ4v) is 3.42. The third kappa shape index (κ3) is 3.13. The van der Waals surface area contributed by atoms with E-state index in [2.05, 4.69) is 16.2 Å². The zero-order valence-electron chi connectivity index (χ0n) is 12.2. The summed E-state index contributed by atoms with van der Waals surface area (Å²) in [6, 6.07) is 14.3. The molecule has 0 bridgehead atoms. The van der Waals surface area contributed by atoms with E-state index in [4.69, 9.17) is 11.6 Å². The summed E-state index contributed by atoms with van der Waals surface area (Å²) >= 11 is 7.12. The van der Waals surface area contributed by atoms with Gasteiger partial charge in [-0.15, -0.1) is 0 Å². The Kier molecular flexibility index (Phi) is 4.19. The molecule has 0 aliphatic carbocycles. The van der Waals surface area contributed by atoms with Crippen LogP contribution in [0.2, 0.25) is 5.02 Å². The topological polar surface area (TPSA) is 70.2 Å². The largest absolute Gasteiger partial charge is 0.323 e. The summed E-state index contributed by atoms with van der Waals surface area (Å²) in [5.41, 5.74) is 6.70. The molecule has 2 aromatic carbocycles. The van der Waals surface area contributed by atoms with Crippen molar-refractivity contribution >= 4 is 46.6 Å². The number of hydrogen-bond acceptors (Lipinski definition) is 4. The highest BCUT2D eigenvalue weighted by Gasteiger charge is 2.45. The fraction of sp³-hybridized carbons (Fsp3) is 0.125. The lowest BCUT2D eigenvalue weighted by Gasteiger charge is -2.31. The van der Waals surface area contributed by atoms with Crippen molar-refractivity contribution in [3.8, 4) is 0 Å². The van der Waals surface area contributed by atoms with E-state index in [-0.39, 0.29) is 5.91 Å². The molecule has 1 aliphatic heterocycles. The number of carbonyl (C=O) groups is 2. The number of carbonyl (C=O) groups excluding carboxylic acids is 2. The number of thioether (sulfide) groups is 1. The molecule has 0 radical (unpaired) electrons. The van der Waals surface area contributed by atoms with Crippen LogP contribution < -0.4 is 16.2 Å². The van der Waals surface area contributed by atoms with Crippen LogP contribution in [0, 0.1) is 0 Å². The second-order valence-corrected chi connectivity index (χ2v) is 7.07. The normalized spacial score (nSPS) is 19.5. The minimum absolute atomic E-state index is 0.355. The molecule has 1 unspecified atom stereocenters. The van der Waals surface area contributed by atoms with E-state index in [0.717, 1.165) is 10.6 Å². The number of amides is 2. The van der Waals surface area contributed by atoms with E-state index >= 15 is 0 Å². The average Bonchev–Trinajstić information content (AvgIpc) is 2.53. The monoisotopic (exact) mass is 347 g/mol. The molecule has 1 aliphatic rings. The van der Waals surface area contributed by atoms with Crippen molar-refractivity contribution in [2.75, 3.05) is 10.7 Å². The van der Waals surface area contributed by atoms with Gasteiger partial charge in [-0.05, 0) is 37.3 Å². The van der Waals surface area contributed by atoms with Crippen LogP contribution in [0.5, 0.6) is 0 Å². The lowest BCUT2D eigenvalue weighted by Crippen LogP contribution is -2.53. The van der Waals surface area contributed by atoms with Crippen molar-refractivity contribution in [1.82, 2.24) is 5.43 Å². The molecule has 2 aromatic rings. The first-order valence-corrected chi connectivity index (χ1v) is 8.10. The third-order valence-electron chi connectivity index (χ3n) is 3.46. The number of para-hydroxylation sites is 1. The zero-order valence-corrected chi connectivity index (χ0v) is 13.8. The van der Waals surface area contributed by atoms with Crippen molar-refractivity contribution in [3.05, 3.63) is 53.6 Å². The highest BCUT2D eigenvalue weighted by molar-refractivity contribution is 8.02. The summed E-state index contributed by atoms with van der Waals surface area (Å²) in [4.78, 5) is 25.7. The molecule has 7 heteroatoms. The first-order valence-electron chi connectivity index (χ1n) is 6.90. The smallest absolute Gasteiger partial charge is 0.264 e. The Bertz CT molecular complexity index is 783. The molecule has 3 rings (SSSR count). The van der Waals surface area contributed by atoms with Crippen molar-refractivity contribution in [2.24, 2.45) is 0 Å². The summed E-state index contributed by atoms with van der Waals surface area (Å²) in [6.07, 6.45) is 0. The Morgan fingerprint density at radius 3 is 2.78 bits per heavy atom. The SMILES string of the molecule is CC1(C(=O)NNc2cccc(Cl)c2)Sc2ccccc2NC1=O. The number of rotatable bonds is 3. The predicted octanol–water partition coefficient (Wildman–Crippen LogP) is 3.29. The zero-order chi connectivity index (χ0) is 16.4. The molecule has 0 aromatic heterocycles.